The van der Waals surface area contributed by atoms with Crippen molar-refractivity contribution in [3.05, 3.63) is 264 Å². The zero-order chi connectivity index (χ0) is 43.7. The summed E-state index contributed by atoms with van der Waals surface area (Å²) in [5.41, 5.74) is 25.1. The number of hydrogen-bond acceptors (Lipinski definition) is 1. The molecule has 1 heterocycles. The van der Waals surface area contributed by atoms with Crippen molar-refractivity contribution in [2.45, 2.75) is 24.7 Å². The van der Waals surface area contributed by atoms with Crippen LogP contribution in [0.25, 0.3) is 72.0 Å². The molecule has 1 unspecified atom stereocenters. The number of aromatic nitrogens is 1. The summed E-state index contributed by atoms with van der Waals surface area (Å²) >= 11 is 0. The topological polar surface area (TPSA) is 8.17 Å². The monoisotopic (exact) mass is 840 g/mol. The van der Waals surface area contributed by atoms with Crippen LogP contribution in [0.1, 0.15) is 47.2 Å². The number of rotatable bonds is 5. The highest BCUT2D eigenvalue weighted by Crippen LogP contribution is 2.67. The average molecular weight is 841 g/mol. The Morgan fingerprint density at radius 1 is 0.364 bits per heavy atom. The SMILES string of the molecule is CC1(C)c2c(ccc3c2-c2ccccc2C32c3ccccc3-c3ccc(-c4ccc(N(c5ccccc5)c5ccccc5)cc4)cc32)-c2ccc3c(c21)c1ccccc1n3-c1ccccc1. The first-order valence-corrected chi connectivity index (χ1v) is 23.2. The summed E-state index contributed by atoms with van der Waals surface area (Å²) in [6.45, 7) is 4.96. The third kappa shape index (κ3) is 4.85. The van der Waals surface area contributed by atoms with E-state index in [-0.39, 0.29) is 5.41 Å². The van der Waals surface area contributed by atoms with Gasteiger partial charge in [-0.1, -0.05) is 178 Å². The minimum Gasteiger partial charge on any atom is -0.311 e. The van der Waals surface area contributed by atoms with E-state index in [9.17, 15) is 0 Å². The maximum atomic E-state index is 2.51. The van der Waals surface area contributed by atoms with E-state index < -0.39 is 5.41 Å². The summed E-state index contributed by atoms with van der Waals surface area (Å²) in [7, 11) is 0. The van der Waals surface area contributed by atoms with E-state index in [0.717, 1.165) is 17.1 Å². The van der Waals surface area contributed by atoms with E-state index in [1.165, 1.54) is 105 Å². The molecule has 0 saturated carbocycles. The molecule has 0 bridgehead atoms. The molecule has 2 heteroatoms. The first-order valence-electron chi connectivity index (χ1n) is 23.2. The van der Waals surface area contributed by atoms with Gasteiger partial charge in [-0.05, 0) is 145 Å². The highest BCUT2D eigenvalue weighted by molar-refractivity contribution is 6.15. The molecule has 1 atom stereocenters. The van der Waals surface area contributed by atoms with Gasteiger partial charge in [0.25, 0.3) is 0 Å². The van der Waals surface area contributed by atoms with Crippen LogP contribution in [-0.2, 0) is 10.8 Å². The molecule has 0 aliphatic heterocycles. The van der Waals surface area contributed by atoms with Crippen LogP contribution >= 0.6 is 0 Å². The van der Waals surface area contributed by atoms with Gasteiger partial charge in [-0.2, -0.15) is 0 Å². The second-order valence-electron chi connectivity index (χ2n) is 18.8. The fourth-order valence-electron chi connectivity index (χ4n) is 12.6. The second-order valence-corrected chi connectivity index (χ2v) is 18.8. The van der Waals surface area contributed by atoms with Crippen LogP contribution in [0.4, 0.5) is 17.1 Å². The predicted octanol–water partition coefficient (Wildman–Crippen LogP) is 16.6. The van der Waals surface area contributed by atoms with Gasteiger partial charge in [0.05, 0.1) is 16.4 Å². The van der Waals surface area contributed by atoms with E-state index in [1.807, 2.05) is 0 Å². The Labute approximate surface area is 385 Å². The molecule has 14 rings (SSSR count). The largest absolute Gasteiger partial charge is 0.311 e. The second kappa shape index (κ2) is 13.7. The number of anilines is 3. The molecule has 1 aromatic heterocycles. The standard InChI is InChI=1S/C64H44N2/c1-63(2)61-49(50-37-39-58-60(62(50)63)52-26-14-17-29-57(52)66(58)45-22-10-5-11-23-45)36-38-55-59(61)51-25-13-16-28-54(51)64(55)53-27-15-12-24-47(53)48-35-32-42(40-56(48)64)41-30-33-46(34-31-41)65(43-18-6-3-7-19-43)44-20-8-4-9-21-44/h3-40H,1-2H3. The lowest BCUT2D eigenvalue weighted by atomic mass is 9.69. The molecule has 310 valence electrons. The highest BCUT2D eigenvalue weighted by Gasteiger charge is 2.54. The van der Waals surface area contributed by atoms with E-state index >= 15 is 0 Å². The lowest BCUT2D eigenvalue weighted by Gasteiger charge is -2.31. The highest BCUT2D eigenvalue weighted by atomic mass is 15.1. The van der Waals surface area contributed by atoms with Crippen molar-refractivity contribution in [3.63, 3.8) is 0 Å². The fourth-order valence-corrected chi connectivity index (χ4v) is 12.6. The van der Waals surface area contributed by atoms with Crippen LogP contribution in [-0.4, -0.2) is 4.57 Å². The van der Waals surface area contributed by atoms with Crippen LogP contribution in [0.5, 0.6) is 0 Å². The Hall–Kier alpha value is -8.20. The molecule has 11 aromatic rings. The normalized spacial score (nSPS) is 15.6. The molecular formula is C64H44N2. The summed E-state index contributed by atoms with van der Waals surface area (Å²) in [6.07, 6.45) is 0. The smallest absolute Gasteiger partial charge is 0.0725 e. The first-order chi connectivity index (χ1) is 32.5. The Morgan fingerprint density at radius 3 is 1.62 bits per heavy atom. The van der Waals surface area contributed by atoms with E-state index in [0.29, 0.717) is 0 Å². The number of benzene rings is 10. The maximum absolute atomic E-state index is 2.51. The van der Waals surface area contributed by atoms with Crippen LogP contribution in [0.15, 0.2) is 231 Å². The minimum absolute atomic E-state index is 0.294. The van der Waals surface area contributed by atoms with Gasteiger partial charge in [0.15, 0.2) is 0 Å². The van der Waals surface area contributed by atoms with Crippen molar-refractivity contribution in [3.8, 4) is 50.2 Å². The van der Waals surface area contributed by atoms with Gasteiger partial charge < -0.3 is 9.47 Å². The molecule has 2 nitrogen and oxygen atoms in total. The summed E-state index contributed by atoms with van der Waals surface area (Å²) in [5.74, 6) is 0. The maximum Gasteiger partial charge on any atom is 0.0725 e. The van der Waals surface area contributed by atoms with Crippen molar-refractivity contribution in [1.82, 2.24) is 4.57 Å². The molecule has 3 aliphatic carbocycles. The van der Waals surface area contributed by atoms with Crippen molar-refractivity contribution in [2.75, 3.05) is 4.90 Å². The minimum atomic E-state index is -0.482. The molecule has 0 radical (unpaired) electrons. The molecule has 0 fully saturated rings. The molecule has 0 N–H and O–H groups in total. The van der Waals surface area contributed by atoms with Crippen molar-refractivity contribution in [2.24, 2.45) is 0 Å². The molecule has 0 amide bonds. The van der Waals surface area contributed by atoms with Gasteiger partial charge in [-0.15, -0.1) is 0 Å². The Bertz CT molecular complexity index is 3730. The summed E-state index contributed by atoms with van der Waals surface area (Å²) < 4.78 is 2.46. The lowest BCUT2D eigenvalue weighted by molar-refractivity contribution is 0.667. The third-order valence-corrected chi connectivity index (χ3v) is 15.1. The molecule has 66 heavy (non-hydrogen) atoms. The average Bonchev–Trinajstić information content (AvgIpc) is 4.05. The molecule has 0 saturated heterocycles. The van der Waals surface area contributed by atoms with Gasteiger partial charge >= 0.3 is 0 Å². The van der Waals surface area contributed by atoms with Gasteiger partial charge in [0.1, 0.15) is 0 Å². The van der Waals surface area contributed by atoms with Crippen molar-refractivity contribution < 1.29 is 0 Å². The fraction of sp³-hybridized carbons (Fsp3) is 0.0625. The van der Waals surface area contributed by atoms with E-state index in [1.54, 1.807) is 0 Å². The Morgan fingerprint density at radius 2 is 0.894 bits per heavy atom. The zero-order valence-corrected chi connectivity index (χ0v) is 36.8. The first kappa shape index (κ1) is 37.2. The van der Waals surface area contributed by atoms with Crippen LogP contribution in [0.2, 0.25) is 0 Å². The van der Waals surface area contributed by atoms with E-state index in [2.05, 4.69) is 254 Å². The van der Waals surface area contributed by atoms with Crippen LogP contribution in [0.3, 0.4) is 0 Å². The molecule has 1 spiro atoms. The summed E-state index contributed by atoms with van der Waals surface area (Å²) in [6, 6.07) is 85.7. The third-order valence-electron chi connectivity index (χ3n) is 15.1. The quantitative estimate of drug-likeness (QED) is 0.168. The number of para-hydroxylation sites is 4. The number of nitrogens with zero attached hydrogens (tertiary/aromatic N) is 2. The van der Waals surface area contributed by atoms with Crippen molar-refractivity contribution >= 4 is 38.9 Å². The lowest BCUT2D eigenvalue weighted by Crippen LogP contribution is -2.26. The van der Waals surface area contributed by atoms with E-state index in [4.69, 9.17) is 0 Å². The van der Waals surface area contributed by atoms with Crippen LogP contribution < -0.4 is 4.90 Å². The summed E-state index contributed by atoms with van der Waals surface area (Å²) in [5, 5.41) is 2.65. The number of hydrogen-bond donors (Lipinski definition) is 0. The van der Waals surface area contributed by atoms with Crippen LogP contribution in [0, 0.1) is 0 Å². The summed E-state index contributed by atoms with van der Waals surface area (Å²) in [4.78, 5) is 2.33. The molecule has 10 aromatic carbocycles. The van der Waals surface area contributed by atoms with Gasteiger partial charge in [-0.3, -0.25) is 0 Å². The van der Waals surface area contributed by atoms with Crippen molar-refractivity contribution in [1.29, 1.82) is 0 Å². The van der Waals surface area contributed by atoms with Gasteiger partial charge in [0.2, 0.25) is 0 Å². The number of fused-ring (bicyclic) bond motifs is 18. The Kier molecular flexibility index (Phi) is 7.70. The predicted molar refractivity (Wildman–Crippen MR) is 275 cm³/mol. The molecule has 3 aliphatic rings. The van der Waals surface area contributed by atoms with Gasteiger partial charge in [0, 0.05) is 38.9 Å². The Balaban J connectivity index is 0.967. The molecular weight excluding hydrogens is 797 g/mol. The van der Waals surface area contributed by atoms with Gasteiger partial charge in [-0.25, -0.2) is 0 Å². The zero-order valence-electron chi connectivity index (χ0n) is 36.8.